The van der Waals surface area contributed by atoms with Gasteiger partial charge in [-0.3, -0.25) is 4.90 Å². The lowest BCUT2D eigenvalue weighted by Gasteiger charge is -2.45. The van der Waals surface area contributed by atoms with Gasteiger partial charge in [-0.05, 0) is 55.5 Å². The van der Waals surface area contributed by atoms with Crippen molar-refractivity contribution in [1.82, 2.24) is 4.98 Å². The number of benzene rings is 2. The Balaban J connectivity index is 1.51. The van der Waals surface area contributed by atoms with Crippen molar-refractivity contribution in [1.29, 1.82) is 0 Å². The molecular formula is C22H24N6. The molecule has 1 aliphatic carbocycles. The first-order valence-corrected chi connectivity index (χ1v) is 9.83. The smallest absolute Gasteiger partial charge is 0.220 e. The highest BCUT2D eigenvalue weighted by Gasteiger charge is 2.42. The SMILES string of the molecule is NC1=NC2(CCCCC2)N(c2ccc(-c3cc4ccccc4[nH]3)cc2)C(N)=N1. The minimum atomic E-state index is -0.406. The second kappa shape index (κ2) is 6.41. The Bertz CT molecular complexity index is 1040. The quantitative estimate of drug-likeness (QED) is 0.635. The lowest BCUT2D eigenvalue weighted by atomic mass is 9.87. The summed E-state index contributed by atoms with van der Waals surface area (Å²) < 4.78 is 0. The van der Waals surface area contributed by atoms with Gasteiger partial charge in [-0.1, -0.05) is 36.8 Å². The third-order valence-corrected chi connectivity index (χ3v) is 5.82. The number of guanidine groups is 2. The molecule has 1 aliphatic heterocycles. The van der Waals surface area contributed by atoms with Crippen LogP contribution in [0.25, 0.3) is 22.2 Å². The van der Waals surface area contributed by atoms with Crippen LogP contribution in [0.4, 0.5) is 5.69 Å². The number of para-hydroxylation sites is 1. The van der Waals surface area contributed by atoms with Crippen molar-refractivity contribution in [3.8, 4) is 11.3 Å². The average molecular weight is 372 g/mol. The summed E-state index contributed by atoms with van der Waals surface area (Å²) in [7, 11) is 0. The van der Waals surface area contributed by atoms with Gasteiger partial charge in [0.25, 0.3) is 0 Å². The van der Waals surface area contributed by atoms with E-state index < -0.39 is 5.66 Å². The number of nitrogens with one attached hydrogen (secondary N) is 1. The average Bonchev–Trinajstić information content (AvgIpc) is 3.13. The fraction of sp³-hybridized carbons (Fsp3) is 0.273. The zero-order chi connectivity index (χ0) is 19.1. The molecule has 6 heteroatoms. The minimum Gasteiger partial charge on any atom is -0.369 e. The fourth-order valence-electron chi connectivity index (χ4n) is 4.51. The molecule has 3 aromatic rings. The maximum absolute atomic E-state index is 6.32. The molecular weight excluding hydrogens is 348 g/mol. The van der Waals surface area contributed by atoms with Crippen LogP contribution >= 0.6 is 0 Å². The summed E-state index contributed by atoms with van der Waals surface area (Å²) in [5, 5.41) is 1.21. The standard InChI is InChI=1S/C22H24N6/c23-20-26-21(24)28(22(27-20)12-4-1-5-13-22)17-10-8-15(9-11-17)19-14-16-6-2-3-7-18(16)25-19/h2-3,6-11,14,25H,1,4-5,12-13H2,(H4,23,24,26,27). The van der Waals surface area contributed by atoms with Crippen LogP contribution in [0.3, 0.4) is 0 Å². The highest BCUT2D eigenvalue weighted by Crippen LogP contribution is 2.39. The lowest BCUT2D eigenvalue weighted by Crippen LogP contribution is -2.58. The summed E-state index contributed by atoms with van der Waals surface area (Å²) in [4.78, 5) is 14.5. The van der Waals surface area contributed by atoms with E-state index in [0.29, 0.717) is 5.96 Å². The number of aromatic amines is 1. The Kier molecular flexibility index (Phi) is 3.86. The summed E-state index contributed by atoms with van der Waals surface area (Å²) >= 11 is 0. The molecule has 0 saturated heterocycles. The number of H-pyrrole nitrogens is 1. The number of nitrogens with two attached hydrogens (primary N) is 2. The van der Waals surface area contributed by atoms with Crippen molar-refractivity contribution >= 4 is 28.5 Å². The normalized spacial score (nSPS) is 18.9. The van der Waals surface area contributed by atoms with E-state index in [1.807, 2.05) is 6.07 Å². The van der Waals surface area contributed by atoms with E-state index in [9.17, 15) is 0 Å². The summed E-state index contributed by atoms with van der Waals surface area (Å²) in [6.07, 6.45) is 5.34. The van der Waals surface area contributed by atoms with E-state index >= 15 is 0 Å². The van der Waals surface area contributed by atoms with Gasteiger partial charge in [0, 0.05) is 22.3 Å². The number of aromatic nitrogens is 1. The Morgan fingerprint density at radius 1 is 0.929 bits per heavy atom. The monoisotopic (exact) mass is 372 g/mol. The molecule has 0 amide bonds. The number of hydrogen-bond donors (Lipinski definition) is 3. The van der Waals surface area contributed by atoms with E-state index in [0.717, 1.165) is 48.1 Å². The van der Waals surface area contributed by atoms with Gasteiger partial charge in [-0.15, -0.1) is 0 Å². The minimum absolute atomic E-state index is 0.283. The molecule has 28 heavy (non-hydrogen) atoms. The molecule has 142 valence electrons. The molecule has 2 heterocycles. The van der Waals surface area contributed by atoms with Gasteiger partial charge in [0.05, 0.1) is 0 Å². The summed E-state index contributed by atoms with van der Waals surface area (Å²) in [5.74, 6) is 0.707. The van der Waals surface area contributed by atoms with Crippen LogP contribution in [0, 0.1) is 0 Å². The number of aliphatic imine (C=N–C) groups is 2. The summed E-state index contributed by atoms with van der Waals surface area (Å²) in [6, 6.07) is 18.9. The number of fused-ring (bicyclic) bond motifs is 1. The van der Waals surface area contributed by atoms with Gasteiger partial charge in [-0.2, -0.15) is 4.99 Å². The van der Waals surface area contributed by atoms with Gasteiger partial charge < -0.3 is 16.5 Å². The van der Waals surface area contributed by atoms with Crippen molar-refractivity contribution in [2.24, 2.45) is 21.5 Å². The van der Waals surface area contributed by atoms with Crippen LogP contribution in [0.15, 0.2) is 64.6 Å². The molecule has 6 nitrogen and oxygen atoms in total. The van der Waals surface area contributed by atoms with Gasteiger partial charge >= 0.3 is 0 Å². The molecule has 1 saturated carbocycles. The predicted octanol–water partition coefficient (Wildman–Crippen LogP) is 3.94. The van der Waals surface area contributed by atoms with E-state index in [2.05, 4.69) is 63.4 Å². The van der Waals surface area contributed by atoms with E-state index in [-0.39, 0.29) is 5.96 Å². The van der Waals surface area contributed by atoms with Gasteiger partial charge in [0.15, 0.2) is 0 Å². The van der Waals surface area contributed by atoms with Gasteiger partial charge in [0.1, 0.15) is 5.66 Å². The molecule has 5 N–H and O–H groups in total. The van der Waals surface area contributed by atoms with Crippen LogP contribution in [0.2, 0.25) is 0 Å². The van der Waals surface area contributed by atoms with Crippen LogP contribution < -0.4 is 16.4 Å². The lowest BCUT2D eigenvalue weighted by molar-refractivity contribution is 0.305. The van der Waals surface area contributed by atoms with Gasteiger partial charge in [-0.25, -0.2) is 4.99 Å². The van der Waals surface area contributed by atoms with E-state index in [4.69, 9.17) is 16.5 Å². The van der Waals surface area contributed by atoms with Crippen LogP contribution in [0.1, 0.15) is 32.1 Å². The molecule has 0 atom stereocenters. The van der Waals surface area contributed by atoms with Crippen molar-refractivity contribution in [2.45, 2.75) is 37.8 Å². The Hall–Kier alpha value is -3.28. The highest BCUT2D eigenvalue weighted by molar-refractivity contribution is 6.05. The molecule has 0 radical (unpaired) electrons. The Morgan fingerprint density at radius 3 is 2.43 bits per heavy atom. The number of rotatable bonds is 2. The summed E-state index contributed by atoms with van der Waals surface area (Å²) in [6.45, 7) is 0. The molecule has 2 aromatic carbocycles. The first-order chi connectivity index (χ1) is 13.6. The Labute approximate surface area is 164 Å². The van der Waals surface area contributed by atoms with Crippen LogP contribution in [0.5, 0.6) is 0 Å². The zero-order valence-electron chi connectivity index (χ0n) is 15.7. The van der Waals surface area contributed by atoms with Crippen LogP contribution in [-0.4, -0.2) is 22.6 Å². The molecule has 0 unspecified atom stereocenters. The van der Waals surface area contributed by atoms with E-state index in [1.54, 1.807) is 0 Å². The molecule has 1 aromatic heterocycles. The molecule has 0 bridgehead atoms. The first kappa shape index (κ1) is 16.9. The van der Waals surface area contributed by atoms with Gasteiger partial charge in [0.2, 0.25) is 11.9 Å². The van der Waals surface area contributed by atoms with Crippen molar-refractivity contribution in [3.63, 3.8) is 0 Å². The van der Waals surface area contributed by atoms with Crippen molar-refractivity contribution < 1.29 is 0 Å². The summed E-state index contributed by atoms with van der Waals surface area (Å²) in [5.41, 5.74) is 16.2. The maximum atomic E-state index is 6.32. The second-order valence-electron chi connectivity index (χ2n) is 7.64. The fourth-order valence-corrected chi connectivity index (χ4v) is 4.51. The number of hydrogen-bond acceptors (Lipinski definition) is 5. The van der Waals surface area contributed by atoms with E-state index in [1.165, 1.54) is 11.8 Å². The number of nitrogens with zero attached hydrogens (tertiary/aromatic N) is 3. The molecule has 1 spiro atoms. The molecule has 2 aliphatic rings. The molecule has 5 rings (SSSR count). The largest absolute Gasteiger partial charge is 0.369 e. The first-order valence-electron chi connectivity index (χ1n) is 9.83. The third-order valence-electron chi connectivity index (χ3n) is 5.82. The van der Waals surface area contributed by atoms with Crippen molar-refractivity contribution in [3.05, 3.63) is 54.6 Å². The van der Waals surface area contributed by atoms with Crippen LogP contribution in [-0.2, 0) is 0 Å². The second-order valence-corrected chi connectivity index (χ2v) is 7.64. The zero-order valence-corrected chi connectivity index (χ0v) is 15.7. The topological polar surface area (TPSA) is 95.8 Å². The molecule has 1 fully saturated rings. The maximum Gasteiger partial charge on any atom is 0.220 e. The highest BCUT2D eigenvalue weighted by atomic mass is 15.4. The predicted molar refractivity (Wildman–Crippen MR) is 115 cm³/mol. The Morgan fingerprint density at radius 2 is 1.68 bits per heavy atom. The number of anilines is 1. The van der Waals surface area contributed by atoms with Crippen molar-refractivity contribution in [2.75, 3.05) is 4.90 Å². The third kappa shape index (κ3) is 2.72.